The summed E-state index contributed by atoms with van der Waals surface area (Å²) in [6.45, 7) is 16.4. The number of nitrogens with one attached hydrogen (secondary N) is 1. The lowest BCUT2D eigenvalue weighted by atomic mass is 9.81. The average molecular weight is 241 g/mol. The van der Waals surface area contributed by atoms with Crippen LogP contribution in [0.4, 0.5) is 0 Å². The van der Waals surface area contributed by atoms with Crippen molar-refractivity contribution >= 4 is 0 Å². The Balaban J connectivity index is 4.04. The molecular weight excluding hydrogens is 206 g/mol. The zero-order valence-electron chi connectivity index (χ0n) is 13.5. The molecule has 0 fully saturated rings. The molecular formula is C16H35N. The molecule has 2 atom stereocenters. The van der Waals surface area contributed by atoms with Crippen LogP contribution in [0.3, 0.4) is 0 Å². The Labute approximate surface area is 110 Å². The Hall–Kier alpha value is -0.0400. The standard InChI is InChI=1S/C16H35N/c1-13(12-16(5,6)7)11-14(17-8)9-10-15(2,3)4/h13-14,17H,9-12H2,1-8H3. The van der Waals surface area contributed by atoms with Gasteiger partial charge in [-0.2, -0.15) is 0 Å². The molecule has 1 N–H and O–H groups in total. The smallest absolute Gasteiger partial charge is 0.00668 e. The van der Waals surface area contributed by atoms with E-state index in [0.29, 0.717) is 16.9 Å². The maximum absolute atomic E-state index is 3.49. The summed E-state index contributed by atoms with van der Waals surface area (Å²) in [6, 6.07) is 0.687. The summed E-state index contributed by atoms with van der Waals surface area (Å²) >= 11 is 0. The third kappa shape index (κ3) is 10.8. The molecule has 1 heteroatoms. The first-order valence-electron chi connectivity index (χ1n) is 7.21. The fraction of sp³-hybridized carbons (Fsp3) is 1.00. The number of rotatable bonds is 6. The van der Waals surface area contributed by atoms with E-state index in [-0.39, 0.29) is 0 Å². The van der Waals surface area contributed by atoms with Crippen LogP contribution in [0.2, 0.25) is 0 Å². The Kier molecular flexibility index (Phi) is 6.76. The average Bonchev–Trinajstić information content (AvgIpc) is 2.07. The topological polar surface area (TPSA) is 12.0 Å². The monoisotopic (exact) mass is 241 g/mol. The van der Waals surface area contributed by atoms with Gasteiger partial charge in [0.2, 0.25) is 0 Å². The summed E-state index contributed by atoms with van der Waals surface area (Å²) < 4.78 is 0. The van der Waals surface area contributed by atoms with Crippen molar-refractivity contribution in [3.8, 4) is 0 Å². The van der Waals surface area contributed by atoms with E-state index in [0.717, 1.165) is 5.92 Å². The molecule has 0 bridgehead atoms. The van der Waals surface area contributed by atoms with Crippen LogP contribution >= 0.6 is 0 Å². The van der Waals surface area contributed by atoms with E-state index in [4.69, 9.17) is 0 Å². The summed E-state index contributed by atoms with van der Waals surface area (Å²) in [6.07, 6.45) is 5.24. The summed E-state index contributed by atoms with van der Waals surface area (Å²) in [7, 11) is 2.11. The molecule has 2 unspecified atom stereocenters. The Morgan fingerprint density at radius 3 is 1.82 bits per heavy atom. The summed E-state index contributed by atoms with van der Waals surface area (Å²) in [4.78, 5) is 0. The van der Waals surface area contributed by atoms with Crippen molar-refractivity contribution in [3.05, 3.63) is 0 Å². The summed E-state index contributed by atoms with van der Waals surface area (Å²) in [5, 5.41) is 3.49. The highest BCUT2D eigenvalue weighted by Crippen LogP contribution is 2.28. The molecule has 104 valence electrons. The van der Waals surface area contributed by atoms with E-state index < -0.39 is 0 Å². The highest BCUT2D eigenvalue weighted by atomic mass is 14.9. The van der Waals surface area contributed by atoms with E-state index in [2.05, 4.69) is 60.8 Å². The van der Waals surface area contributed by atoms with E-state index >= 15 is 0 Å². The third-order valence-electron chi connectivity index (χ3n) is 3.30. The van der Waals surface area contributed by atoms with Gasteiger partial charge in [-0.05, 0) is 49.5 Å². The second-order valence-electron chi connectivity index (χ2n) is 8.19. The zero-order valence-corrected chi connectivity index (χ0v) is 13.5. The van der Waals surface area contributed by atoms with E-state index in [1.54, 1.807) is 0 Å². The van der Waals surface area contributed by atoms with Crippen molar-refractivity contribution in [1.82, 2.24) is 5.32 Å². The van der Waals surface area contributed by atoms with Crippen molar-refractivity contribution in [2.45, 2.75) is 80.2 Å². The molecule has 0 aliphatic carbocycles. The van der Waals surface area contributed by atoms with Crippen LogP contribution in [-0.2, 0) is 0 Å². The SMILES string of the molecule is CNC(CCC(C)(C)C)CC(C)CC(C)(C)C. The van der Waals surface area contributed by atoms with Gasteiger partial charge in [-0.1, -0.05) is 48.5 Å². The molecule has 0 radical (unpaired) electrons. The Morgan fingerprint density at radius 1 is 0.941 bits per heavy atom. The highest BCUT2D eigenvalue weighted by Gasteiger charge is 2.20. The largest absolute Gasteiger partial charge is 0.317 e. The van der Waals surface area contributed by atoms with Crippen molar-refractivity contribution in [2.75, 3.05) is 7.05 Å². The highest BCUT2D eigenvalue weighted by molar-refractivity contribution is 4.75. The van der Waals surface area contributed by atoms with Gasteiger partial charge in [0.25, 0.3) is 0 Å². The van der Waals surface area contributed by atoms with E-state index in [1.165, 1.54) is 25.7 Å². The molecule has 0 aliphatic rings. The van der Waals surface area contributed by atoms with Crippen LogP contribution in [0.15, 0.2) is 0 Å². The van der Waals surface area contributed by atoms with Crippen molar-refractivity contribution in [3.63, 3.8) is 0 Å². The summed E-state index contributed by atoms with van der Waals surface area (Å²) in [5.74, 6) is 0.812. The predicted molar refractivity (Wildman–Crippen MR) is 79.4 cm³/mol. The van der Waals surface area contributed by atoms with Crippen LogP contribution in [0.25, 0.3) is 0 Å². The lowest BCUT2D eigenvalue weighted by Crippen LogP contribution is -2.29. The fourth-order valence-corrected chi connectivity index (χ4v) is 2.60. The molecule has 0 saturated carbocycles. The normalized spacial score (nSPS) is 16.9. The minimum atomic E-state index is 0.460. The lowest BCUT2D eigenvalue weighted by molar-refractivity contribution is 0.259. The first-order chi connectivity index (χ1) is 7.53. The molecule has 0 spiro atoms. The third-order valence-corrected chi connectivity index (χ3v) is 3.30. The number of hydrogen-bond donors (Lipinski definition) is 1. The molecule has 0 aliphatic heterocycles. The van der Waals surface area contributed by atoms with Crippen LogP contribution in [-0.4, -0.2) is 13.1 Å². The van der Waals surface area contributed by atoms with Gasteiger partial charge in [0.05, 0.1) is 0 Å². The lowest BCUT2D eigenvalue weighted by Gasteiger charge is -2.28. The van der Waals surface area contributed by atoms with Gasteiger partial charge in [0.15, 0.2) is 0 Å². The maximum atomic E-state index is 3.49. The maximum Gasteiger partial charge on any atom is 0.00668 e. The second kappa shape index (κ2) is 6.78. The van der Waals surface area contributed by atoms with Crippen LogP contribution in [0, 0.1) is 16.7 Å². The van der Waals surface area contributed by atoms with E-state index in [9.17, 15) is 0 Å². The Bertz CT molecular complexity index is 195. The van der Waals surface area contributed by atoms with Gasteiger partial charge in [-0.3, -0.25) is 0 Å². The molecule has 0 amide bonds. The molecule has 17 heavy (non-hydrogen) atoms. The molecule has 0 aromatic rings. The second-order valence-corrected chi connectivity index (χ2v) is 8.19. The minimum Gasteiger partial charge on any atom is -0.317 e. The molecule has 0 saturated heterocycles. The molecule has 0 aromatic carbocycles. The van der Waals surface area contributed by atoms with Crippen LogP contribution in [0.1, 0.15) is 74.1 Å². The van der Waals surface area contributed by atoms with E-state index in [1.807, 2.05) is 0 Å². The van der Waals surface area contributed by atoms with Gasteiger partial charge < -0.3 is 5.32 Å². The Morgan fingerprint density at radius 2 is 1.47 bits per heavy atom. The predicted octanol–water partition coefficient (Wildman–Crippen LogP) is 4.86. The van der Waals surface area contributed by atoms with Gasteiger partial charge in [-0.25, -0.2) is 0 Å². The van der Waals surface area contributed by atoms with Crippen molar-refractivity contribution in [2.24, 2.45) is 16.7 Å². The van der Waals surface area contributed by atoms with Gasteiger partial charge in [0.1, 0.15) is 0 Å². The molecule has 0 heterocycles. The van der Waals surface area contributed by atoms with Crippen molar-refractivity contribution < 1.29 is 0 Å². The molecule has 0 aromatic heterocycles. The first-order valence-corrected chi connectivity index (χ1v) is 7.21. The van der Waals surface area contributed by atoms with Gasteiger partial charge in [0, 0.05) is 6.04 Å². The molecule has 1 nitrogen and oxygen atoms in total. The fourth-order valence-electron chi connectivity index (χ4n) is 2.60. The minimum absolute atomic E-state index is 0.460. The van der Waals surface area contributed by atoms with Crippen LogP contribution < -0.4 is 5.32 Å². The first kappa shape index (κ1) is 17.0. The van der Waals surface area contributed by atoms with Crippen LogP contribution in [0.5, 0.6) is 0 Å². The van der Waals surface area contributed by atoms with Crippen molar-refractivity contribution in [1.29, 1.82) is 0 Å². The quantitative estimate of drug-likeness (QED) is 0.700. The number of hydrogen-bond acceptors (Lipinski definition) is 1. The zero-order chi connectivity index (χ0) is 13.7. The van der Waals surface area contributed by atoms with Gasteiger partial charge in [-0.15, -0.1) is 0 Å². The van der Waals surface area contributed by atoms with Gasteiger partial charge >= 0.3 is 0 Å². The summed E-state index contributed by atoms with van der Waals surface area (Å²) in [5.41, 5.74) is 0.921. The molecule has 0 rings (SSSR count).